The highest BCUT2D eigenvalue weighted by atomic mass is 32.2. The number of ether oxygens (including phenoxy) is 2. The molecule has 2 aromatic rings. The summed E-state index contributed by atoms with van der Waals surface area (Å²) in [5.41, 5.74) is 2.09. The molecule has 152 valence electrons. The zero-order valence-electron chi connectivity index (χ0n) is 16.6. The Labute approximate surface area is 167 Å². The summed E-state index contributed by atoms with van der Waals surface area (Å²) >= 11 is 0. The van der Waals surface area contributed by atoms with Gasteiger partial charge in [0.1, 0.15) is 16.4 Å². The van der Waals surface area contributed by atoms with E-state index in [0.29, 0.717) is 11.7 Å². The van der Waals surface area contributed by atoms with Gasteiger partial charge < -0.3 is 14.4 Å². The van der Waals surface area contributed by atoms with E-state index < -0.39 is 10.0 Å². The Morgan fingerprint density at radius 3 is 2.50 bits per heavy atom. The summed E-state index contributed by atoms with van der Waals surface area (Å²) in [6, 6.07) is 12.8. The first-order valence-corrected chi connectivity index (χ1v) is 11.0. The number of anilines is 1. The smallest absolute Gasteiger partial charge is 0.244 e. The van der Waals surface area contributed by atoms with Crippen LogP contribution in [0, 0.1) is 5.92 Å². The van der Waals surface area contributed by atoms with E-state index in [1.807, 2.05) is 12.1 Å². The molecule has 1 saturated heterocycles. The summed E-state index contributed by atoms with van der Waals surface area (Å²) in [4.78, 5) is 2.46. The predicted octanol–water partition coefficient (Wildman–Crippen LogP) is 3.42. The van der Waals surface area contributed by atoms with E-state index in [1.165, 1.54) is 38.8 Å². The predicted molar refractivity (Wildman–Crippen MR) is 111 cm³/mol. The van der Waals surface area contributed by atoms with Crippen LogP contribution in [0.3, 0.4) is 0 Å². The van der Waals surface area contributed by atoms with Gasteiger partial charge in [0.25, 0.3) is 0 Å². The molecule has 1 heterocycles. The van der Waals surface area contributed by atoms with E-state index >= 15 is 0 Å². The van der Waals surface area contributed by atoms with Gasteiger partial charge in [-0.15, -0.1) is 0 Å². The van der Waals surface area contributed by atoms with Crippen molar-refractivity contribution in [3.05, 3.63) is 48.0 Å². The second kappa shape index (κ2) is 8.84. The fraction of sp³-hybridized carbons (Fsp3) is 0.429. The molecule has 0 radical (unpaired) electrons. The first-order chi connectivity index (χ1) is 13.4. The lowest BCUT2D eigenvalue weighted by atomic mass is 9.99. The van der Waals surface area contributed by atoms with Crippen molar-refractivity contribution in [2.75, 3.05) is 32.2 Å². The van der Waals surface area contributed by atoms with Crippen LogP contribution in [0.25, 0.3) is 0 Å². The molecule has 1 atom stereocenters. The summed E-state index contributed by atoms with van der Waals surface area (Å²) in [5.74, 6) is 1.45. The third kappa shape index (κ3) is 4.77. The maximum Gasteiger partial charge on any atom is 0.244 e. The highest BCUT2D eigenvalue weighted by Gasteiger charge is 2.21. The van der Waals surface area contributed by atoms with E-state index in [2.05, 4.69) is 28.7 Å². The first kappa shape index (κ1) is 20.5. The van der Waals surface area contributed by atoms with Crippen LogP contribution in [0.15, 0.2) is 47.4 Å². The molecule has 28 heavy (non-hydrogen) atoms. The minimum atomic E-state index is -3.74. The van der Waals surface area contributed by atoms with Crippen LogP contribution in [0.5, 0.6) is 11.5 Å². The second-order valence-corrected chi connectivity index (χ2v) is 8.94. The molecule has 0 bridgehead atoms. The fourth-order valence-electron chi connectivity index (χ4n) is 3.50. The van der Waals surface area contributed by atoms with E-state index in [-0.39, 0.29) is 17.2 Å². The molecule has 0 saturated carbocycles. The van der Waals surface area contributed by atoms with Crippen LogP contribution in [0.2, 0.25) is 0 Å². The van der Waals surface area contributed by atoms with Crippen LogP contribution in [-0.4, -0.2) is 35.7 Å². The molecule has 2 aromatic carbocycles. The molecule has 7 heteroatoms. The minimum absolute atomic E-state index is 0.0632. The van der Waals surface area contributed by atoms with E-state index in [9.17, 15) is 8.42 Å². The number of hydrogen-bond acceptors (Lipinski definition) is 5. The number of nitrogens with one attached hydrogen (secondary N) is 1. The van der Waals surface area contributed by atoms with Crippen molar-refractivity contribution in [3.8, 4) is 11.5 Å². The SMILES string of the molecule is COc1ccc(OC)c(S(=O)(=O)NCc2ccc(N3CCCC(C)C3)cc2)c1. The summed E-state index contributed by atoms with van der Waals surface area (Å²) in [7, 11) is -0.795. The van der Waals surface area contributed by atoms with Crippen molar-refractivity contribution in [1.82, 2.24) is 4.72 Å². The van der Waals surface area contributed by atoms with Crippen molar-refractivity contribution in [2.24, 2.45) is 5.92 Å². The van der Waals surface area contributed by atoms with Crippen LogP contribution in [0.4, 0.5) is 5.69 Å². The normalized spacial score (nSPS) is 17.4. The minimum Gasteiger partial charge on any atom is -0.497 e. The van der Waals surface area contributed by atoms with Gasteiger partial charge in [-0.05, 0) is 48.6 Å². The molecule has 0 aromatic heterocycles. The molecule has 1 unspecified atom stereocenters. The standard InChI is InChI=1S/C21H28N2O4S/c1-16-5-4-12-23(15-16)18-8-6-17(7-9-18)14-22-28(24,25)21-13-19(26-2)10-11-20(21)27-3/h6-11,13,16,22H,4-5,12,14-15H2,1-3H3. The Hall–Kier alpha value is -2.25. The van der Waals surface area contributed by atoms with Gasteiger partial charge in [-0.2, -0.15) is 0 Å². The molecule has 0 spiro atoms. The number of nitrogens with zero attached hydrogens (tertiary/aromatic N) is 1. The summed E-state index contributed by atoms with van der Waals surface area (Å²) in [5, 5.41) is 0. The lowest BCUT2D eigenvalue weighted by Gasteiger charge is -2.32. The van der Waals surface area contributed by atoms with Crippen molar-refractivity contribution in [1.29, 1.82) is 0 Å². The fourth-order valence-corrected chi connectivity index (χ4v) is 4.70. The van der Waals surface area contributed by atoms with Crippen molar-refractivity contribution >= 4 is 15.7 Å². The topological polar surface area (TPSA) is 67.9 Å². The molecular weight excluding hydrogens is 376 g/mol. The Balaban J connectivity index is 1.69. The second-order valence-electron chi connectivity index (χ2n) is 7.20. The molecular formula is C21H28N2O4S. The lowest BCUT2D eigenvalue weighted by Crippen LogP contribution is -2.34. The van der Waals surface area contributed by atoms with Gasteiger partial charge in [0.2, 0.25) is 10.0 Å². The molecule has 1 aliphatic rings. The average molecular weight is 405 g/mol. The van der Waals surface area contributed by atoms with Crippen molar-refractivity contribution in [3.63, 3.8) is 0 Å². The van der Waals surface area contributed by atoms with Crippen LogP contribution < -0.4 is 19.1 Å². The number of benzene rings is 2. The number of methoxy groups -OCH3 is 2. The highest BCUT2D eigenvalue weighted by Crippen LogP contribution is 2.28. The molecule has 0 amide bonds. The summed E-state index contributed by atoms with van der Waals surface area (Å²) in [6.07, 6.45) is 2.50. The molecule has 1 aliphatic heterocycles. The molecule has 1 N–H and O–H groups in total. The van der Waals surface area contributed by atoms with Gasteiger partial charge in [-0.25, -0.2) is 13.1 Å². The number of hydrogen-bond donors (Lipinski definition) is 1. The van der Waals surface area contributed by atoms with Crippen LogP contribution in [-0.2, 0) is 16.6 Å². The van der Waals surface area contributed by atoms with Gasteiger partial charge in [0.15, 0.2) is 0 Å². The van der Waals surface area contributed by atoms with Crippen molar-refractivity contribution in [2.45, 2.75) is 31.2 Å². The summed E-state index contributed by atoms with van der Waals surface area (Å²) < 4.78 is 38.5. The maximum atomic E-state index is 12.7. The number of piperidine rings is 1. The van der Waals surface area contributed by atoms with E-state index in [0.717, 1.165) is 18.7 Å². The van der Waals surface area contributed by atoms with Crippen LogP contribution in [0.1, 0.15) is 25.3 Å². The van der Waals surface area contributed by atoms with Gasteiger partial charge in [0, 0.05) is 31.4 Å². The maximum absolute atomic E-state index is 12.7. The van der Waals surface area contributed by atoms with Gasteiger partial charge in [0.05, 0.1) is 14.2 Å². The van der Waals surface area contributed by atoms with E-state index in [1.54, 1.807) is 12.1 Å². The Bertz CT molecular complexity index is 897. The zero-order chi connectivity index (χ0) is 20.1. The van der Waals surface area contributed by atoms with Gasteiger partial charge >= 0.3 is 0 Å². The monoisotopic (exact) mass is 404 g/mol. The number of rotatable bonds is 7. The van der Waals surface area contributed by atoms with Crippen LogP contribution >= 0.6 is 0 Å². The molecule has 6 nitrogen and oxygen atoms in total. The third-order valence-corrected chi connectivity index (χ3v) is 6.51. The lowest BCUT2D eigenvalue weighted by molar-refractivity contribution is 0.392. The Morgan fingerprint density at radius 1 is 1.11 bits per heavy atom. The molecule has 3 rings (SSSR count). The zero-order valence-corrected chi connectivity index (χ0v) is 17.5. The first-order valence-electron chi connectivity index (χ1n) is 9.48. The van der Waals surface area contributed by atoms with Crippen molar-refractivity contribution < 1.29 is 17.9 Å². The quantitative estimate of drug-likeness (QED) is 0.766. The number of sulfonamides is 1. The highest BCUT2D eigenvalue weighted by molar-refractivity contribution is 7.89. The molecule has 1 fully saturated rings. The average Bonchev–Trinajstić information content (AvgIpc) is 2.72. The molecule has 0 aliphatic carbocycles. The van der Waals surface area contributed by atoms with Gasteiger partial charge in [-0.3, -0.25) is 0 Å². The largest absolute Gasteiger partial charge is 0.497 e. The Morgan fingerprint density at radius 2 is 1.86 bits per heavy atom. The van der Waals surface area contributed by atoms with Gasteiger partial charge in [-0.1, -0.05) is 19.1 Å². The Kier molecular flexibility index (Phi) is 6.46. The third-order valence-electron chi connectivity index (χ3n) is 5.09. The van der Waals surface area contributed by atoms with E-state index in [4.69, 9.17) is 9.47 Å². The summed E-state index contributed by atoms with van der Waals surface area (Å²) in [6.45, 7) is 4.63.